The van der Waals surface area contributed by atoms with Gasteiger partial charge in [-0.05, 0) is 57.6 Å². The van der Waals surface area contributed by atoms with Crippen LogP contribution in [0, 0.1) is 10.8 Å². The molecule has 4 N–H and O–H groups in total. The van der Waals surface area contributed by atoms with Crippen LogP contribution in [-0.4, -0.2) is 69.2 Å². The average Bonchev–Trinajstić information content (AvgIpc) is 3.06. The number of para-hydroxylation sites is 1. The zero-order valence-corrected chi connectivity index (χ0v) is 18.3. The van der Waals surface area contributed by atoms with Gasteiger partial charge in [-0.2, -0.15) is 0 Å². The fraction of sp³-hybridized carbons (Fsp3) is 0.476. The van der Waals surface area contributed by atoms with E-state index in [-0.39, 0.29) is 21.8 Å². The van der Waals surface area contributed by atoms with Gasteiger partial charge in [0, 0.05) is 48.3 Å². The van der Waals surface area contributed by atoms with Crippen molar-refractivity contribution in [2.45, 2.75) is 38.8 Å². The summed E-state index contributed by atoms with van der Waals surface area (Å²) in [6, 6.07) is 7.97. The molecule has 1 saturated heterocycles. The summed E-state index contributed by atoms with van der Waals surface area (Å²) in [5.74, 6) is -0.430. The lowest BCUT2D eigenvalue weighted by atomic mass is 10.0. The van der Waals surface area contributed by atoms with Crippen molar-refractivity contribution in [1.82, 2.24) is 20.1 Å². The number of fused-ring (bicyclic) bond motifs is 1. The molecule has 29 heavy (non-hydrogen) atoms. The van der Waals surface area contributed by atoms with E-state index in [1.807, 2.05) is 36.2 Å². The Labute approximate surface area is 176 Å². The first-order valence-electron chi connectivity index (χ1n) is 9.84. The van der Waals surface area contributed by atoms with Crippen LogP contribution in [0.3, 0.4) is 0 Å². The monoisotopic (exact) mass is 414 g/mol. The molecule has 1 amide bonds. The number of piperazine rings is 1. The maximum Gasteiger partial charge on any atom is 0.276 e. The first-order valence-corrected chi connectivity index (χ1v) is 10.7. The number of nitrogens with zero attached hydrogens (tertiary/aromatic N) is 2. The Hall–Kier alpha value is -2.32. The molecule has 0 bridgehead atoms. The number of carbonyl (C=O) groups excluding carboxylic acids is 1. The van der Waals surface area contributed by atoms with Crippen molar-refractivity contribution in [2.24, 2.45) is 0 Å². The van der Waals surface area contributed by atoms with E-state index in [1.54, 1.807) is 0 Å². The highest BCUT2D eigenvalue weighted by molar-refractivity contribution is 8.27. The standard InChI is InChI=1S/C21H30N6OS/c1-14(11-15-12-24-17-8-6-5-7-16(15)17)25-19(28)18(22)29-20(23)27-10-9-26(4)21(2,3)13-27/h5-8,12,14,22-24H,9-11,13H2,1-4H3,(H,25,28). The molecule has 1 atom stereocenters. The molecule has 3 rings (SSSR count). The van der Waals surface area contributed by atoms with E-state index in [0.717, 1.165) is 41.3 Å². The second kappa shape index (κ2) is 8.59. The van der Waals surface area contributed by atoms with Gasteiger partial charge in [-0.15, -0.1) is 0 Å². The van der Waals surface area contributed by atoms with Crippen molar-refractivity contribution in [3.63, 3.8) is 0 Å². The number of amides is 1. The minimum absolute atomic E-state index is 0.0383. The highest BCUT2D eigenvalue weighted by Crippen LogP contribution is 2.22. The van der Waals surface area contributed by atoms with Crippen LogP contribution in [0.15, 0.2) is 30.5 Å². The maximum atomic E-state index is 12.5. The quantitative estimate of drug-likeness (QED) is 0.458. The number of amidine groups is 1. The van der Waals surface area contributed by atoms with Crippen LogP contribution >= 0.6 is 11.8 Å². The van der Waals surface area contributed by atoms with E-state index in [2.05, 4.69) is 42.2 Å². The number of nitrogens with one attached hydrogen (secondary N) is 4. The average molecular weight is 415 g/mol. The second-order valence-electron chi connectivity index (χ2n) is 8.33. The topological polar surface area (TPSA) is 99.1 Å². The van der Waals surface area contributed by atoms with Crippen molar-refractivity contribution in [3.05, 3.63) is 36.0 Å². The lowest BCUT2D eigenvalue weighted by Gasteiger charge is -2.45. The molecule has 1 aliphatic rings. The van der Waals surface area contributed by atoms with Gasteiger partial charge in [-0.25, -0.2) is 0 Å². The van der Waals surface area contributed by atoms with Gasteiger partial charge in [0.15, 0.2) is 10.2 Å². The van der Waals surface area contributed by atoms with Crippen LogP contribution in [-0.2, 0) is 11.2 Å². The van der Waals surface area contributed by atoms with Crippen molar-refractivity contribution in [3.8, 4) is 0 Å². The molecule has 7 nitrogen and oxygen atoms in total. The summed E-state index contributed by atoms with van der Waals surface area (Å²) >= 11 is 0.925. The molecule has 1 unspecified atom stereocenters. The molecule has 2 heterocycles. The lowest BCUT2D eigenvalue weighted by molar-refractivity contribution is -0.115. The predicted octanol–water partition coefficient (Wildman–Crippen LogP) is 2.89. The van der Waals surface area contributed by atoms with Gasteiger partial charge in [0.05, 0.1) is 0 Å². The number of carbonyl (C=O) groups is 1. The normalized spacial score (nSPS) is 17.9. The molecule has 0 spiro atoms. The van der Waals surface area contributed by atoms with Gasteiger partial charge < -0.3 is 15.2 Å². The number of H-pyrrole nitrogens is 1. The van der Waals surface area contributed by atoms with Gasteiger partial charge in [0.25, 0.3) is 5.91 Å². The maximum absolute atomic E-state index is 12.5. The molecule has 0 saturated carbocycles. The molecule has 1 aromatic carbocycles. The minimum atomic E-state index is -0.430. The molecular formula is C21H30N6OS. The number of hydrogen-bond acceptors (Lipinski definition) is 5. The molecular weight excluding hydrogens is 384 g/mol. The summed E-state index contributed by atoms with van der Waals surface area (Å²) in [7, 11) is 2.08. The smallest absolute Gasteiger partial charge is 0.276 e. The van der Waals surface area contributed by atoms with Gasteiger partial charge in [-0.3, -0.25) is 20.5 Å². The third kappa shape index (κ3) is 5.00. The Kier molecular flexibility index (Phi) is 6.33. The van der Waals surface area contributed by atoms with Crippen LogP contribution < -0.4 is 5.32 Å². The van der Waals surface area contributed by atoms with E-state index >= 15 is 0 Å². The summed E-state index contributed by atoms with van der Waals surface area (Å²) in [5, 5.41) is 20.6. The van der Waals surface area contributed by atoms with Crippen molar-refractivity contribution in [2.75, 3.05) is 26.7 Å². The Balaban J connectivity index is 1.52. The Morgan fingerprint density at radius 3 is 2.76 bits per heavy atom. The van der Waals surface area contributed by atoms with Crippen LogP contribution in [0.2, 0.25) is 0 Å². The third-order valence-corrected chi connectivity index (χ3v) is 6.43. The van der Waals surface area contributed by atoms with Gasteiger partial charge in [0.2, 0.25) is 0 Å². The van der Waals surface area contributed by atoms with Crippen LogP contribution in [0.5, 0.6) is 0 Å². The van der Waals surface area contributed by atoms with E-state index in [1.165, 1.54) is 0 Å². The van der Waals surface area contributed by atoms with Crippen molar-refractivity contribution >= 4 is 38.8 Å². The first kappa shape index (κ1) is 21.4. The van der Waals surface area contributed by atoms with E-state index in [9.17, 15) is 4.79 Å². The molecule has 8 heteroatoms. The predicted molar refractivity (Wildman–Crippen MR) is 121 cm³/mol. The Morgan fingerprint density at radius 1 is 1.31 bits per heavy atom. The van der Waals surface area contributed by atoms with Crippen molar-refractivity contribution < 1.29 is 4.79 Å². The molecule has 1 aromatic heterocycles. The minimum Gasteiger partial charge on any atom is -0.361 e. The van der Waals surface area contributed by atoms with Crippen molar-refractivity contribution in [1.29, 1.82) is 10.8 Å². The highest BCUT2D eigenvalue weighted by atomic mass is 32.2. The fourth-order valence-electron chi connectivity index (χ4n) is 3.59. The van der Waals surface area contributed by atoms with Crippen LogP contribution in [0.4, 0.5) is 0 Å². The van der Waals surface area contributed by atoms with Crippen LogP contribution in [0.1, 0.15) is 26.3 Å². The van der Waals surface area contributed by atoms with Gasteiger partial charge >= 0.3 is 0 Å². The lowest BCUT2D eigenvalue weighted by Crippen LogP contribution is -2.58. The number of thioether (sulfide) groups is 1. The number of likely N-dealkylation sites (N-methyl/N-ethyl adjacent to an activating group) is 1. The Morgan fingerprint density at radius 2 is 2.03 bits per heavy atom. The number of rotatable bonds is 3. The molecule has 156 valence electrons. The highest BCUT2D eigenvalue weighted by Gasteiger charge is 2.33. The summed E-state index contributed by atoms with van der Waals surface area (Å²) in [4.78, 5) is 19.9. The Bertz CT molecular complexity index is 921. The summed E-state index contributed by atoms with van der Waals surface area (Å²) in [5.41, 5.74) is 2.18. The molecule has 0 aliphatic carbocycles. The molecule has 2 aromatic rings. The largest absolute Gasteiger partial charge is 0.361 e. The molecule has 1 aliphatic heterocycles. The summed E-state index contributed by atoms with van der Waals surface area (Å²) in [6.45, 7) is 8.52. The molecule has 1 fully saturated rings. The summed E-state index contributed by atoms with van der Waals surface area (Å²) in [6.07, 6.45) is 2.65. The number of hydrogen-bond donors (Lipinski definition) is 4. The van der Waals surface area contributed by atoms with Gasteiger partial charge in [0.1, 0.15) is 0 Å². The summed E-state index contributed by atoms with van der Waals surface area (Å²) < 4.78 is 0. The zero-order chi connectivity index (χ0) is 21.2. The first-order chi connectivity index (χ1) is 13.7. The van der Waals surface area contributed by atoms with Gasteiger partial charge in [-0.1, -0.05) is 18.2 Å². The number of aromatic nitrogens is 1. The van der Waals surface area contributed by atoms with Crippen LogP contribution in [0.25, 0.3) is 10.9 Å². The SMILES string of the molecule is CC(Cc1c[nH]c2ccccc12)NC(=O)C(=N)SC(=N)N1CCN(C)C(C)(C)C1. The van der Waals surface area contributed by atoms with E-state index in [0.29, 0.717) is 13.0 Å². The second-order valence-corrected chi connectivity index (χ2v) is 9.33. The number of benzene rings is 1. The molecule has 0 radical (unpaired) electrons. The van der Waals surface area contributed by atoms with E-state index < -0.39 is 5.91 Å². The van der Waals surface area contributed by atoms with E-state index in [4.69, 9.17) is 10.8 Å². The third-order valence-electron chi connectivity index (χ3n) is 5.59. The fourth-order valence-corrected chi connectivity index (χ4v) is 4.22. The number of aromatic amines is 1. The zero-order valence-electron chi connectivity index (χ0n) is 17.5.